The summed E-state index contributed by atoms with van der Waals surface area (Å²) in [6, 6.07) is 0. The van der Waals surface area contributed by atoms with Crippen LogP contribution >= 0.6 is 15.9 Å². The fourth-order valence-electron chi connectivity index (χ4n) is 1.84. The molecule has 0 radical (unpaired) electrons. The van der Waals surface area contributed by atoms with Crippen LogP contribution in [-0.2, 0) is 11.3 Å². The number of hydrogen-bond acceptors (Lipinski definition) is 4. The molecule has 1 heterocycles. The highest BCUT2D eigenvalue weighted by atomic mass is 79.9. The van der Waals surface area contributed by atoms with E-state index in [1.165, 1.54) is 0 Å². The molecule has 0 aliphatic heterocycles. The Balaban J connectivity index is 2.91. The number of halogens is 1. The molecule has 0 N–H and O–H groups in total. The van der Waals surface area contributed by atoms with Crippen molar-refractivity contribution in [3.05, 3.63) is 16.4 Å². The van der Waals surface area contributed by atoms with Crippen LogP contribution in [0.5, 0.6) is 0 Å². The normalized spacial score (nSPS) is 12.9. The van der Waals surface area contributed by atoms with Gasteiger partial charge in [-0.05, 0) is 36.4 Å². The number of rotatable bonds is 8. The second kappa shape index (κ2) is 7.77. The molecule has 0 aromatic carbocycles. The van der Waals surface area contributed by atoms with Gasteiger partial charge in [0.2, 0.25) is 5.78 Å². The number of aromatic nitrogens is 2. The molecule has 6 heteroatoms. The maximum atomic E-state index is 12.5. The van der Waals surface area contributed by atoms with Crippen molar-refractivity contribution in [3.63, 3.8) is 0 Å². The molecular formula is C13H22BrN3O2. The molecule has 0 aliphatic rings. The molecule has 0 bridgehead atoms. The van der Waals surface area contributed by atoms with Gasteiger partial charge in [-0.15, -0.1) is 0 Å². The van der Waals surface area contributed by atoms with Crippen molar-refractivity contribution >= 4 is 21.7 Å². The lowest BCUT2D eigenvalue weighted by molar-refractivity contribution is 0.0566. The Labute approximate surface area is 123 Å². The van der Waals surface area contributed by atoms with Crippen molar-refractivity contribution in [3.8, 4) is 0 Å². The van der Waals surface area contributed by atoms with E-state index in [9.17, 15) is 4.79 Å². The van der Waals surface area contributed by atoms with Gasteiger partial charge in [-0.3, -0.25) is 9.48 Å². The Bertz CT molecular complexity index is 418. The zero-order valence-corrected chi connectivity index (χ0v) is 13.6. The minimum Gasteiger partial charge on any atom is -0.373 e. The number of Topliss-reactive ketones (excluding diaryl/α,β-unsaturated/α-hetero) is 1. The van der Waals surface area contributed by atoms with Crippen LogP contribution in [0.25, 0.3) is 0 Å². The van der Waals surface area contributed by atoms with Crippen LogP contribution in [0.15, 0.2) is 10.7 Å². The first kappa shape index (κ1) is 16.3. The summed E-state index contributed by atoms with van der Waals surface area (Å²) in [6.07, 6.45) is 2.91. The Morgan fingerprint density at radius 2 is 2.26 bits per heavy atom. The molecule has 0 aliphatic carbocycles. The average Bonchev–Trinajstić information content (AvgIpc) is 2.74. The summed E-state index contributed by atoms with van der Waals surface area (Å²) in [6.45, 7) is 3.56. The summed E-state index contributed by atoms with van der Waals surface area (Å²) < 4.78 is 7.77. The number of likely N-dealkylation sites (N-methyl/N-ethyl adjacent to an activating group) is 1. The molecular weight excluding hydrogens is 310 g/mol. The quantitative estimate of drug-likeness (QED) is 0.685. The minimum atomic E-state index is -0.392. The Morgan fingerprint density at radius 1 is 1.58 bits per heavy atom. The summed E-state index contributed by atoms with van der Waals surface area (Å²) >= 11 is 3.40. The first-order valence-corrected chi connectivity index (χ1v) is 7.23. The number of nitrogens with zero attached hydrogens (tertiary/aromatic N) is 3. The smallest absolute Gasteiger partial charge is 0.210 e. The van der Waals surface area contributed by atoms with Crippen LogP contribution in [0.3, 0.4) is 0 Å². The molecule has 1 rings (SSSR count). The largest absolute Gasteiger partial charge is 0.373 e. The van der Waals surface area contributed by atoms with Crippen LogP contribution in [0.4, 0.5) is 0 Å². The first-order valence-electron chi connectivity index (χ1n) is 6.44. The molecule has 19 heavy (non-hydrogen) atoms. The lowest BCUT2D eigenvalue weighted by Crippen LogP contribution is -2.28. The molecule has 0 saturated carbocycles. The van der Waals surface area contributed by atoms with Crippen LogP contribution in [0.2, 0.25) is 0 Å². The van der Waals surface area contributed by atoms with Gasteiger partial charge in [0.1, 0.15) is 11.8 Å². The van der Waals surface area contributed by atoms with E-state index in [4.69, 9.17) is 4.74 Å². The lowest BCUT2D eigenvalue weighted by Gasteiger charge is -2.16. The van der Waals surface area contributed by atoms with Crippen molar-refractivity contribution in [1.82, 2.24) is 14.7 Å². The van der Waals surface area contributed by atoms with Crippen LogP contribution < -0.4 is 0 Å². The van der Waals surface area contributed by atoms with Gasteiger partial charge in [-0.1, -0.05) is 13.3 Å². The molecule has 1 aromatic heterocycles. The standard InChI is InChI=1S/C13H22BrN3O2/c1-5-6-11(19-4)13(18)12-10(14)9-15-17(12)8-7-16(2)3/h9,11H,5-8H2,1-4H3. The maximum absolute atomic E-state index is 12.5. The molecule has 5 nitrogen and oxygen atoms in total. The van der Waals surface area contributed by atoms with Crippen molar-refractivity contribution in [1.29, 1.82) is 0 Å². The zero-order valence-electron chi connectivity index (χ0n) is 12.0. The summed E-state index contributed by atoms with van der Waals surface area (Å²) in [4.78, 5) is 14.5. The van der Waals surface area contributed by atoms with Gasteiger partial charge in [0.25, 0.3) is 0 Å². The molecule has 0 spiro atoms. The van der Waals surface area contributed by atoms with Gasteiger partial charge in [0.05, 0.1) is 17.2 Å². The van der Waals surface area contributed by atoms with E-state index in [1.54, 1.807) is 18.0 Å². The average molecular weight is 332 g/mol. The number of ketones is 1. The SMILES string of the molecule is CCCC(OC)C(=O)c1c(Br)cnn1CCN(C)C. The molecule has 0 saturated heterocycles. The van der Waals surface area contributed by atoms with Crippen molar-refractivity contribution in [2.45, 2.75) is 32.4 Å². The summed E-state index contributed by atoms with van der Waals surface area (Å²) in [7, 11) is 5.57. The second-order valence-electron chi connectivity index (χ2n) is 4.74. The predicted molar refractivity (Wildman–Crippen MR) is 78.5 cm³/mol. The number of ether oxygens (including phenoxy) is 1. The van der Waals surface area contributed by atoms with E-state index < -0.39 is 6.10 Å². The van der Waals surface area contributed by atoms with Crippen LogP contribution in [0.1, 0.15) is 30.3 Å². The fourth-order valence-corrected chi connectivity index (χ4v) is 2.33. The van der Waals surface area contributed by atoms with Gasteiger partial charge < -0.3 is 9.64 Å². The lowest BCUT2D eigenvalue weighted by atomic mass is 10.1. The minimum absolute atomic E-state index is 0.00696. The van der Waals surface area contributed by atoms with E-state index in [2.05, 4.69) is 25.9 Å². The van der Waals surface area contributed by atoms with Gasteiger partial charge in [-0.25, -0.2) is 0 Å². The monoisotopic (exact) mass is 331 g/mol. The number of hydrogen-bond donors (Lipinski definition) is 0. The number of carbonyl (C=O) groups excluding carboxylic acids is 1. The fraction of sp³-hybridized carbons (Fsp3) is 0.692. The third-order valence-corrected chi connectivity index (χ3v) is 3.50. The molecule has 1 aromatic rings. The predicted octanol–water partition coefficient (Wildman–Crippen LogP) is 2.21. The van der Waals surface area contributed by atoms with E-state index in [-0.39, 0.29) is 5.78 Å². The van der Waals surface area contributed by atoms with Gasteiger partial charge >= 0.3 is 0 Å². The van der Waals surface area contributed by atoms with Gasteiger partial charge in [0, 0.05) is 13.7 Å². The molecule has 1 atom stereocenters. The van der Waals surface area contributed by atoms with Crippen molar-refractivity contribution < 1.29 is 9.53 Å². The molecule has 0 amide bonds. The van der Waals surface area contributed by atoms with E-state index >= 15 is 0 Å². The summed E-state index contributed by atoms with van der Waals surface area (Å²) in [5.74, 6) is -0.00696. The molecule has 1 unspecified atom stereocenters. The molecule has 0 fully saturated rings. The van der Waals surface area contributed by atoms with E-state index in [0.717, 1.165) is 23.9 Å². The summed E-state index contributed by atoms with van der Waals surface area (Å²) in [5, 5.41) is 4.25. The molecule has 108 valence electrons. The topological polar surface area (TPSA) is 47.4 Å². The zero-order chi connectivity index (χ0) is 14.4. The Hall–Kier alpha value is -0.720. The third kappa shape index (κ3) is 4.40. The van der Waals surface area contributed by atoms with Crippen molar-refractivity contribution in [2.24, 2.45) is 0 Å². The van der Waals surface area contributed by atoms with Gasteiger partial charge in [-0.2, -0.15) is 5.10 Å². The third-order valence-electron chi connectivity index (χ3n) is 2.92. The Kier molecular flexibility index (Phi) is 6.68. The van der Waals surface area contributed by atoms with Crippen molar-refractivity contribution in [2.75, 3.05) is 27.7 Å². The van der Waals surface area contributed by atoms with Gasteiger partial charge in [0.15, 0.2) is 0 Å². The highest BCUT2D eigenvalue weighted by molar-refractivity contribution is 9.10. The van der Waals surface area contributed by atoms with E-state index in [1.807, 2.05) is 21.0 Å². The number of carbonyl (C=O) groups is 1. The highest BCUT2D eigenvalue weighted by Crippen LogP contribution is 2.20. The van der Waals surface area contributed by atoms with Crippen LogP contribution in [-0.4, -0.2) is 54.3 Å². The highest BCUT2D eigenvalue weighted by Gasteiger charge is 2.25. The van der Waals surface area contributed by atoms with E-state index in [0.29, 0.717) is 12.2 Å². The maximum Gasteiger partial charge on any atom is 0.210 e. The summed E-state index contributed by atoms with van der Waals surface area (Å²) in [5.41, 5.74) is 0.599. The first-order chi connectivity index (χ1) is 9.01. The number of methoxy groups -OCH3 is 1. The van der Waals surface area contributed by atoms with Crippen LogP contribution in [0, 0.1) is 0 Å². The Morgan fingerprint density at radius 3 is 2.79 bits per heavy atom. The second-order valence-corrected chi connectivity index (χ2v) is 5.60.